The monoisotopic (exact) mass is 328 g/mol. The van der Waals surface area contributed by atoms with Gasteiger partial charge in [0, 0.05) is 10.3 Å². The summed E-state index contributed by atoms with van der Waals surface area (Å²) in [5, 5.41) is 12.6. The number of aliphatic hydroxyl groups excluding tert-OH is 1. The van der Waals surface area contributed by atoms with Gasteiger partial charge in [-0.2, -0.15) is 0 Å². The molecule has 0 saturated heterocycles. The number of aliphatic hydroxyl groups is 1. The minimum absolute atomic E-state index is 0.166. The van der Waals surface area contributed by atoms with Gasteiger partial charge in [-0.15, -0.1) is 22.9 Å². The molecule has 21 heavy (non-hydrogen) atoms. The van der Waals surface area contributed by atoms with Crippen molar-refractivity contribution < 1.29 is 5.11 Å². The fraction of sp³-hybridized carbons (Fsp3) is 0.778. The van der Waals surface area contributed by atoms with E-state index in [4.69, 9.17) is 11.6 Å². The van der Waals surface area contributed by atoms with Gasteiger partial charge in [-0.3, -0.25) is 0 Å². The summed E-state index contributed by atoms with van der Waals surface area (Å²) >= 11 is 8.36. The van der Waals surface area contributed by atoms with Gasteiger partial charge < -0.3 is 5.11 Å². The van der Waals surface area contributed by atoms with E-state index in [1.54, 1.807) is 0 Å². The third kappa shape index (κ3) is 5.26. The molecule has 0 aliphatic heterocycles. The number of thiophene rings is 1. The summed E-state index contributed by atoms with van der Waals surface area (Å²) < 4.78 is 0. The zero-order chi connectivity index (χ0) is 15.1. The Morgan fingerprint density at radius 2 is 2.00 bits per heavy atom. The van der Waals surface area contributed by atoms with Crippen LogP contribution in [0.1, 0.15) is 63.2 Å². The minimum atomic E-state index is -0.166. The largest absolute Gasteiger partial charge is 0.393 e. The Hall–Kier alpha value is -0.0500. The van der Waals surface area contributed by atoms with Crippen LogP contribution in [0.5, 0.6) is 0 Å². The number of alkyl halides is 1. The minimum Gasteiger partial charge on any atom is -0.393 e. The molecule has 1 heterocycles. The van der Waals surface area contributed by atoms with Gasteiger partial charge in [-0.05, 0) is 55.4 Å². The van der Waals surface area contributed by atoms with Crippen LogP contribution in [0.3, 0.4) is 0 Å². The van der Waals surface area contributed by atoms with Gasteiger partial charge in [-0.25, -0.2) is 0 Å². The quantitative estimate of drug-likeness (QED) is 0.459. The second-order valence-electron chi connectivity index (χ2n) is 6.47. The van der Waals surface area contributed by atoms with Crippen LogP contribution in [0.4, 0.5) is 0 Å². The SMILES string of the molecule is CCCCCC[C@@H]1[C@@H](CCCc2cccs2)[C@H](Cl)C[C@H]1O. The van der Waals surface area contributed by atoms with Gasteiger partial charge >= 0.3 is 0 Å². The Labute approximate surface area is 138 Å². The van der Waals surface area contributed by atoms with Crippen molar-refractivity contribution in [2.45, 2.75) is 76.2 Å². The summed E-state index contributed by atoms with van der Waals surface area (Å²) in [6.45, 7) is 2.24. The van der Waals surface area contributed by atoms with Gasteiger partial charge in [-0.1, -0.05) is 38.7 Å². The first-order chi connectivity index (χ1) is 10.2. The molecular formula is C18H29ClOS. The lowest BCUT2D eigenvalue weighted by molar-refractivity contribution is 0.107. The molecule has 1 fully saturated rings. The van der Waals surface area contributed by atoms with E-state index in [2.05, 4.69) is 24.4 Å². The molecule has 0 bridgehead atoms. The number of hydrogen-bond donors (Lipinski definition) is 1. The van der Waals surface area contributed by atoms with Crippen LogP contribution in [-0.4, -0.2) is 16.6 Å². The van der Waals surface area contributed by atoms with Crippen molar-refractivity contribution in [1.82, 2.24) is 0 Å². The van der Waals surface area contributed by atoms with Crippen molar-refractivity contribution in [2.24, 2.45) is 11.8 Å². The average Bonchev–Trinajstić information content (AvgIpc) is 3.05. The summed E-state index contributed by atoms with van der Waals surface area (Å²) in [5.41, 5.74) is 0. The summed E-state index contributed by atoms with van der Waals surface area (Å²) in [6, 6.07) is 4.34. The van der Waals surface area contributed by atoms with Crippen molar-refractivity contribution in [3.05, 3.63) is 22.4 Å². The molecule has 1 aromatic heterocycles. The van der Waals surface area contributed by atoms with E-state index in [0.29, 0.717) is 11.8 Å². The maximum Gasteiger partial charge on any atom is 0.0585 e. The maximum absolute atomic E-state index is 10.3. The van der Waals surface area contributed by atoms with Gasteiger partial charge in [0.25, 0.3) is 0 Å². The Balaban J connectivity index is 1.76. The van der Waals surface area contributed by atoms with Crippen molar-refractivity contribution in [3.63, 3.8) is 0 Å². The molecule has 1 N–H and O–H groups in total. The fourth-order valence-corrected chi connectivity index (χ4v) is 4.96. The van der Waals surface area contributed by atoms with E-state index in [0.717, 1.165) is 19.3 Å². The number of halogens is 1. The molecule has 2 rings (SSSR count). The maximum atomic E-state index is 10.3. The smallest absolute Gasteiger partial charge is 0.0585 e. The number of rotatable bonds is 9. The highest BCUT2D eigenvalue weighted by atomic mass is 35.5. The van der Waals surface area contributed by atoms with E-state index in [1.807, 2.05) is 11.3 Å². The van der Waals surface area contributed by atoms with E-state index in [1.165, 1.54) is 43.4 Å². The third-order valence-electron chi connectivity index (χ3n) is 4.91. The molecule has 0 aromatic carbocycles. The zero-order valence-electron chi connectivity index (χ0n) is 13.1. The van der Waals surface area contributed by atoms with Crippen LogP contribution >= 0.6 is 22.9 Å². The average molecular weight is 329 g/mol. The van der Waals surface area contributed by atoms with Crippen LogP contribution in [0, 0.1) is 11.8 Å². The highest BCUT2D eigenvalue weighted by molar-refractivity contribution is 7.09. The Morgan fingerprint density at radius 3 is 2.71 bits per heavy atom. The van der Waals surface area contributed by atoms with Crippen LogP contribution in [0.25, 0.3) is 0 Å². The van der Waals surface area contributed by atoms with Gasteiger partial charge in [0.1, 0.15) is 0 Å². The summed E-state index contributed by atoms with van der Waals surface area (Å²) in [7, 11) is 0. The Kier molecular flexibility index (Phi) is 7.56. The van der Waals surface area contributed by atoms with Crippen LogP contribution in [0.2, 0.25) is 0 Å². The first-order valence-electron chi connectivity index (χ1n) is 8.57. The molecule has 1 saturated carbocycles. The molecule has 120 valence electrons. The predicted octanol–water partition coefficient (Wildman–Crippen LogP) is 5.65. The third-order valence-corrected chi connectivity index (χ3v) is 6.35. The Bertz CT molecular complexity index is 379. The van der Waals surface area contributed by atoms with E-state index in [-0.39, 0.29) is 11.5 Å². The van der Waals surface area contributed by atoms with Crippen molar-refractivity contribution >= 4 is 22.9 Å². The topological polar surface area (TPSA) is 20.2 Å². The first-order valence-corrected chi connectivity index (χ1v) is 9.88. The molecule has 0 amide bonds. The standard InChI is InChI=1S/C18H29ClOS/c1-2-3-4-5-10-16-15(17(19)13-18(16)20)11-6-8-14-9-7-12-21-14/h7,9,12,15-18,20H,2-6,8,10-11,13H2,1H3/t15-,16-,17-,18-/m1/s1. The Morgan fingerprint density at radius 1 is 1.19 bits per heavy atom. The van der Waals surface area contributed by atoms with Crippen molar-refractivity contribution in [3.8, 4) is 0 Å². The molecule has 0 spiro atoms. The highest BCUT2D eigenvalue weighted by Gasteiger charge is 2.40. The lowest BCUT2D eigenvalue weighted by atomic mass is 9.86. The summed E-state index contributed by atoms with van der Waals surface area (Å²) in [4.78, 5) is 1.47. The van der Waals surface area contributed by atoms with Crippen LogP contribution in [0.15, 0.2) is 17.5 Å². The molecular weight excluding hydrogens is 300 g/mol. The molecule has 1 nitrogen and oxygen atoms in total. The molecule has 1 aromatic rings. The summed E-state index contributed by atoms with van der Waals surface area (Å²) in [6.07, 6.45) is 10.5. The number of aryl methyl sites for hydroxylation is 1. The van der Waals surface area contributed by atoms with Gasteiger partial charge in [0.05, 0.1) is 6.10 Å². The first kappa shape index (κ1) is 17.3. The second-order valence-corrected chi connectivity index (χ2v) is 8.06. The summed E-state index contributed by atoms with van der Waals surface area (Å²) in [5.74, 6) is 0.955. The lowest BCUT2D eigenvalue weighted by Crippen LogP contribution is -2.21. The number of hydrogen-bond acceptors (Lipinski definition) is 2. The predicted molar refractivity (Wildman–Crippen MR) is 93.3 cm³/mol. The lowest BCUT2D eigenvalue weighted by Gasteiger charge is -2.23. The van der Waals surface area contributed by atoms with Crippen LogP contribution in [-0.2, 0) is 6.42 Å². The molecule has 4 atom stereocenters. The molecule has 1 aliphatic carbocycles. The van der Waals surface area contributed by atoms with E-state index < -0.39 is 0 Å². The number of unbranched alkanes of at least 4 members (excludes halogenated alkanes) is 3. The fourth-order valence-electron chi connectivity index (χ4n) is 3.71. The van der Waals surface area contributed by atoms with Gasteiger partial charge in [0.2, 0.25) is 0 Å². The van der Waals surface area contributed by atoms with Crippen LogP contribution < -0.4 is 0 Å². The van der Waals surface area contributed by atoms with E-state index in [9.17, 15) is 5.11 Å². The second kappa shape index (κ2) is 9.17. The van der Waals surface area contributed by atoms with Crippen molar-refractivity contribution in [2.75, 3.05) is 0 Å². The molecule has 0 radical (unpaired) electrons. The normalized spacial score (nSPS) is 29.1. The highest BCUT2D eigenvalue weighted by Crippen LogP contribution is 2.41. The van der Waals surface area contributed by atoms with Gasteiger partial charge in [0.15, 0.2) is 0 Å². The molecule has 3 heteroatoms. The van der Waals surface area contributed by atoms with Crippen molar-refractivity contribution in [1.29, 1.82) is 0 Å². The molecule has 0 unspecified atom stereocenters. The zero-order valence-corrected chi connectivity index (χ0v) is 14.7. The van der Waals surface area contributed by atoms with E-state index >= 15 is 0 Å². The molecule has 1 aliphatic rings.